The first-order chi connectivity index (χ1) is 10.7. The zero-order valence-electron chi connectivity index (χ0n) is 12.9. The maximum absolute atomic E-state index is 2.58. The van der Waals surface area contributed by atoms with E-state index in [1.165, 1.54) is 11.1 Å². The number of allylic oxidation sites excluding steroid dienone is 2. The standard InChI is InChI=1S/C20H18Si.Zr/c1-21(2,19-11-15-7-3-4-8-16(15)12-19)20-13-17-9-5-6-10-18(17)14-20;/h3-14H,1-2H3;. The molecule has 2 aromatic carbocycles. The molecule has 2 aliphatic carbocycles. The summed E-state index contributed by atoms with van der Waals surface area (Å²) in [5, 5.41) is 3.66. The van der Waals surface area contributed by atoms with Crippen molar-refractivity contribution in [2.24, 2.45) is 0 Å². The van der Waals surface area contributed by atoms with Crippen molar-refractivity contribution in [1.82, 2.24) is 0 Å². The normalized spacial score (nSPS) is 26.1. The Balaban J connectivity index is 1.71. The Bertz CT molecular complexity index is 790. The molecule has 1 aliphatic heterocycles. The molecule has 1 heterocycles. The number of hydrogen-bond donors (Lipinski definition) is 0. The summed E-state index contributed by atoms with van der Waals surface area (Å²) in [6.45, 7) is 5.17. The van der Waals surface area contributed by atoms with Crippen LogP contribution in [0, 0.1) is 0 Å². The number of hydrogen-bond acceptors (Lipinski definition) is 0. The summed E-state index contributed by atoms with van der Waals surface area (Å²) in [5.74, 6) is 0. The molecule has 0 bridgehead atoms. The summed E-state index contributed by atoms with van der Waals surface area (Å²) in [6, 6.07) is 18.3. The first kappa shape index (κ1) is 13.5. The van der Waals surface area contributed by atoms with Crippen molar-refractivity contribution in [3.8, 4) is 0 Å². The second kappa shape index (κ2) is 4.52. The van der Waals surface area contributed by atoms with Gasteiger partial charge in [0.15, 0.2) is 0 Å². The zero-order chi connectivity index (χ0) is 14.9. The third-order valence-electron chi connectivity index (χ3n) is 5.63. The van der Waals surface area contributed by atoms with Gasteiger partial charge >= 0.3 is 145 Å². The summed E-state index contributed by atoms with van der Waals surface area (Å²) in [4.78, 5) is 0. The monoisotopic (exact) mass is 376 g/mol. The van der Waals surface area contributed by atoms with Crippen molar-refractivity contribution in [2.45, 2.75) is 20.3 Å². The van der Waals surface area contributed by atoms with Gasteiger partial charge in [-0.05, 0) is 0 Å². The van der Waals surface area contributed by atoms with E-state index >= 15 is 0 Å². The van der Waals surface area contributed by atoms with Crippen LogP contribution in [0.4, 0.5) is 0 Å². The molecule has 106 valence electrons. The molecule has 1 fully saturated rings. The van der Waals surface area contributed by atoms with E-state index < -0.39 is 31.3 Å². The number of rotatable bonds is 0. The quantitative estimate of drug-likeness (QED) is 0.557. The summed E-state index contributed by atoms with van der Waals surface area (Å²) >= 11 is -0.555. The van der Waals surface area contributed by atoms with E-state index in [9.17, 15) is 0 Å². The molecule has 0 saturated carbocycles. The second-order valence-corrected chi connectivity index (χ2v) is 15.2. The van der Waals surface area contributed by atoms with E-state index in [4.69, 9.17) is 0 Å². The minimum absolute atomic E-state index is 0.555. The van der Waals surface area contributed by atoms with Gasteiger partial charge in [0.25, 0.3) is 0 Å². The molecular formula is C20H18SiZr. The van der Waals surface area contributed by atoms with Crippen LogP contribution in [0.5, 0.6) is 0 Å². The molecule has 0 N–H and O–H groups in total. The Morgan fingerprint density at radius 3 is 1.68 bits per heavy atom. The summed E-state index contributed by atoms with van der Waals surface area (Å²) in [6.07, 6.45) is 5.13. The van der Waals surface area contributed by atoms with Gasteiger partial charge in [-0.25, -0.2) is 0 Å². The van der Waals surface area contributed by atoms with Crippen LogP contribution in [0.2, 0.25) is 13.1 Å². The fourth-order valence-corrected chi connectivity index (χ4v) is 18.1. The average molecular weight is 378 g/mol. The maximum atomic E-state index is 2.58. The van der Waals surface area contributed by atoms with Crippen LogP contribution in [0.25, 0.3) is 12.2 Å². The molecule has 2 unspecified atom stereocenters. The van der Waals surface area contributed by atoms with Gasteiger partial charge < -0.3 is 0 Å². The minimum atomic E-state index is -1.48. The Labute approximate surface area is 144 Å². The first-order valence-electron chi connectivity index (χ1n) is 8.04. The van der Waals surface area contributed by atoms with Crippen LogP contribution >= 0.6 is 0 Å². The van der Waals surface area contributed by atoms with Crippen molar-refractivity contribution in [1.29, 1.82) is 0 Å². The van der Waals surface area contributed by atoms with Gasteiger partial charge in [0.05, 0.1) is 0 Å². The van der Waals surface area contributed by atoms with Crippen LogP contribution in [0.1, 0.15) is 29.5 Å². The van der Waals surface area contributed by atoms with Gasteiger partial charge in [0.2, 0.25) is 0 Å². The predicted octanol–water partition coefficient (Wildman–Crippen LogP) is 5.15. The van der Waals surface area contributed by atoms with Crippen LogP contribution in [-0.4, -0.2) is 8.07 Å². The van der Waals surface area contributed by atoms with Gasteiger partial charge in [-0.2, -0.15) is 0 Å². The van der Waals surface area contributed by atoms with E-state index in [2.05, 4.69) is 73.8 Å². The fraction of sp³-hybridized carbons (Fsp3) is 0.200. The van der Waals surface area contributed by atoms with Crippen molar-refractivity contribution >= 4 is 20.2 Å². The topological polar surface area (TPSA) is 0 Å². The first-order valence-corrected chi connectivity index (χ1v) is 13.9. The Hall–Kier alpha value is -0.980. The number of fused-ring (bicyclic) bond motifs is 6. The van der Waals surface area contributed by atoms with Crippen LogP contribution in [0.15, 0.2) is 58.9 Å². The van der Waals surface area contributed by atoms with Gasteiger partial charge in [-0.15, -0.1) is 0 Å². The molecule has 0 amide bonds. The summed E-state index contributed by atoms with van der Waals surface area (Å²) in [7, 11) is -1.48. The van der Waals surface area contributed by atoms with Crippen LogP contribution in [-0.2, 0) is 23.2 Å². The molecule has 0 spiro atoms. The molecule has 0 radical (unpaired) electrons. The van der Waals surface area contributed by atoms with Gasteiger partial charge in [-0.1, -0.05) is 0 Å². The zero-order valence-corrected chi connectivity index (χ0v) is 16.4. The van der Waals surface area contributed by atoms with E-state index in [-0.39, 0.29) is 0 Å². The van der Waals surface area contributed by atoms with Crippen molar-refractivity contribution in [3.05, 3.63) is 81.2 Å². The van der Waals surface area contributed by atoms with E-state index in [1.807, 2.05) is 10.4 Å². The molecule has 22 heavy (non-hydrogen) atoms. The van der Waals surface area contributed by atoms with E-state index in [1.54, 1.807) is 11.1 Å². The summed E-state index contributed by atoms with van der Waals surface area (Å²) in [5.41, 5.74) is 6.32. The van der Waals surface area contributed by atoms with Gasteiger partial charge in [0.1, 0.15) is 0 Å². The van der Waals surface area contributed by atoms with Gasteiger partial charge in [0, 0.05) is 0 Å². The SMILES string of the molecule is C[Si]1(C)C2=Cc3ccccc3[CH]2[Zr][CH]2C1=Cc1ccccc12. The average Bonchev–Trinajstić information content (AvgIpc) is 3.08. The molecule has 0 aromatic heterocycles. The predicted molar refractivity (Wildman–Crippen MR) is 91.8 cm³/mol. The third kappa shape index (κ3) is 1.66. The third-order valence-corrected chi connectivity index (χ3v) is 15.5. The second-order valence-electron chi connectivity index (χ2n) is 7.11. The number of benzene rings is 2. The molecular weight excluding hydrogens is 360 g/mol. The Kier molecular flexibility index (Phi) is 2.77. The van der Waals surface area contributed by atoms with Crippen molar-refractivity contribution < 1.29 is 23.2 Å². The molecule has 2 heteroatoms. The molecule has 5 rings (SSSR count). The molecule has 1 saturated heterocycles. The fourth-order valence-electron chi connectivity index (χ4n) is 4.42. The van der Waals surface area contributed by atoms with Crippen LogP contribution < -0.4 is 0 Å². The van der Waals surface area contributed by atoms with Crippen LogP contribution in [0.3, 0.4) is 0 Å². The van der Waals surface area contributed by atoms with E-state index in [0.717, 1.165) is 7.25 Å². The van der Waals surface area contributed by atoms with Crippen molar-refractivity contribution in [2.75, 3.05) is 0 Å². The molecule has 0 nitrogen and oxygen atoms in total. The summed E-state index contributed by atoms with van der Waals surface area (Å²) < 4.78 is 1.66. The molecule has 3 aliphatic rings. The Morgan fingerprint density at radius 2 is 1.18 bits per heavy atom. The molecule has 2 atom stereocenters. The molecule has 2 aromatic rings. The Morgan fingerprint density at radius 1 is 0.727 bits per heavy atom. The van der Waals surface area contributed by atoms with E-state index in [0.29, 0.717) is 0 Å². The van der Waals surface area contributed by atoms with Gasteiger partial charge in [-0.3, -0.25) is 0 Å². The van der Waals surface area contributed by atoms with Crippen molar-refractivity contribution in [3.63, 3.8) is 0 Å².